The standard InChI is InChI=1S/C15H12F2O2/c16-15(17)19-14-9-5-4-8-12(14)13(18)10-11-6-2-1-3-7-11/h1-9,15H,10H2. The predicted molar refractivity (Wildman–Crippen MR) is 67.6 cm³/mol. The molecule has 0 heterocycles. The molecule has 19 heavy (non-hydrogen) atoms. The lowest BCUT2D eigenvalue weighted by atomic mass is 10.0. The third-order valence-electron chi connectivity index (χ3n) is 2.61. The summed E-state index contributed by atoms with van der Waals surface area (Å²) in [6.45, 7) is -2.94. The molecule has 0 saturated carbocycles. The van der Waals surface area contributed by atoms with Crippen LogP contribution in [0.1, 0.15) is 15.9 Å². The molecule has 2 aromatic carbocycles. The highest BCUT2D eigenvalue weighted by Crippen LogP contribution is 2.22. The molecule has 0 N–H and O–H groups in total. The van der Waals surface area contributed by atoms with Crippen LogP contribution in [-0.4, -0.2) is 12.4 Å². The summed E-state index contributed by atoms with van der Waals surface area (Å²) in [5.74, 6) is -0.333. The summed E-state index contributed by atoms with van der Waals surface area (Å²) < 4.78 is 28.9. The summed E-state index contributed by atoms with van der Waals surface area (Å²) in [5.41, 5.74) is 1.01. The largest absolute Gasteiger partial charge is 0.434 e. The van der Waals surface area contributed by atoms with Gasteiger partial charge in [0, 0.05) is 6.42 Å². The van der Waals surface area contributed by atoms with Gasteiger partial charge in [-0.2, -0.15) is 8.78 Å². The molecule has 0 amide bonds. The van der Waals surface area contributed by atoms with Gasteiger partial charge in [0.25, 0.3) is 0 Å². The molecule has 0 aliphatic carbocycles. The van der Waals surface area contributed by atoms with E-state index >= 15 is 0 Å². The lowest BCUT2D eigenvalue weighted by molar-refractivity contribution is -0.0501. The smallest absolute Gasteiger partial charge is 0.387 e. The maximum atomic E-state index is 12.3. The van der Waals surface area contributed by atoms with Gasteiger partial charge in [-0.3, -0.25) is 4.79 Å². The first-order valence-corrected chi connectivity index (χ1v) is 5.78. The Hall–Kier alpha value is -2.23. The highest BCUT2D eigenvalue weighted by Gasteiger charge is 2.15. The monoisotopic (exact) mass is 262 g/mol. The Morgan fingerprint density at radius 2 is 1.63 bits per heavy atom. The van der Waals surface area contributed by atoms with Crippen molar-refractivity contribution < 1.29 is 18.3 Å². The summed E-state index contributed by atoms with van der Waals surface area (Å²) in [4.78, 5) is 12.1. The van der Waals surface area contributed by atoms with Crippen LogP contribution < -0.4 is 4.74 Å². The van der Waals surface area contributed by atoms with Crippen LogP contribution >= 0.6 is 0 Å². The summed E-state index contributed by atoms with van der Waals surface area (Å²) in [5, 5.41) is 0. The molecule has 0 aliphatic rings. The quantitative estimate of drug-likeness (QED) is 0.768. The average molecular weight is 262 g/mol. The SMILES string of the molecule is O=C(Cc1ccccc1)c1ccccc1OC(F)F. The number of hydrogen-bond donors (Lipinski definition) is 0. The molecule has 0 spiro atoms. The van der Waals surface area contributed by atoms with E-state index in [1.165, 1.54) is 12.1 Å². The number of carbonyl (C=O) groups is 1. The second-order valence-corrected chi connectivity index (χ2v) is 3.96. The second-order valence-electron chi connectivity index (χ2n) is 3.96. The number of alkyl halides is 2. The molecule has 0 saturated heterocycles. The molecule has 0 radical (unpaired) electrons. The van der Waals surface area contributed by atoms with Crippen molar-refractivity contribution in [2.75, 3.05) is 0 Å². The molecule has 98 valence electrons. The zero-order chi connectivity index (χ0) is 13.7. The van der Waals surface area contributed by atoms with Crippen LogP contribution in [0.4, 0.5) is 8.78 Å². The number of halogens is 2. The minimum absolute atomic E-state index is 0.0848. The van der Waals surface area contributed by atoms with E-state index in [1.807, 2.05) is 30.3 Å². The van der Waals surface area contributed by atoms with E-state index in [4.69, 9.17) is 0 Å². The zero-order valence-corrected chi connectivity index (χ0v) is 10.1. The number of benzene rings is 2. The Labute approximate surface area is 109 Å². The predicted octanol–water partition coefficient (Wildman–Crippen LogP) is 3.71. The van der Waals surface area contributed by atoms with Gasteiger partial charge in [0.1, 0.15) is 5.75 Å². The van der Waals surface area contributed by atoms with E-state index < -0.39 is 6.61 Å². The van der Waals surface area contributed by atoms with Crippen molar-refractivity contribution in [3.05, 3.63) is 65.7 Å². The van der Waals surface area contributed by atoms with Gasteiger partial charge in [-0.15, -0.1) is 0 Å². The van der Waals surface area contributed by atoms with Gasteiger partial charge in [0.2, 0.25) is 0 Å². The van der Waals surface area contributed by atoms with Gasteiger partial charge in [-0.25, -0.2) is 0 Å². The van der Waals surface area contributed by atoms with Crippen LogP contribution in [0.2, 0.25) is 0 Å². The highest BCUT2D eigenvalue weighted by molar-refractivity contribution is 5.99. The van der Waals surface area contributed by atoms with E-state index in [1.54, 1.807) is 12.1 Å². The van der Waals surface area contributed by atoms with E-state index in [0.29, 0.717) is 0 Å². The number of ketones is 1. The molecule has 2 rings (SSSR count). The Bertz CT molecular complexity index is 553. The van der Waals surface area contributed by atoms with Crippen molar-refractivity contribution in [3.8, 4) is 5.75 Å². The zero-order valence-electron chi connectivity index (χ0n) is 10.1. The Balaban J connectivity index is 2.19. The fourth-order valence-electron chi connectivity index (χ4n) is 1.77. The normalized spacial score (nSPS) is 10.5. The lowest BCUT2D eigenvalue weighted by Crippen LogP contribution is -2.09. The number of Topliss-reactive ketones (excluding diaryl/α,β-unsaturated/α-hetero) is 1. The summed E-state index contributed by atoms with van der Waals surface area (Å²) in [6, 6.07) is 15.2. The molecular formula is C15H12F2O2. The van der Waals surface area contributed by atoms with Crippen molar-refractivity contribution in [1.29, 1.82) is 0 Å². The molecule has 0 unspecified atom stereocenters. The molecule has 0 aromatic heterocycles. The van der Waals surface area contributed by atoms with Crippen molar-refractivity contribution in [2.24, 2.45) is 0 Å². The third kappa shape index (κ3) is 3.61. The number of para-hydroxylation sites is 1. The molecule has 0 aliphatic heterocycles. The maximum absolute atomic E-state index is 12.3. The number of carbonyl (C=O) groups excluding carboxylic acids is 1. The van der Waals surface area contributed by atoms with Gasteiger partial charge in [-0.1, -0.05) is 42.5 Å². The van der Waals surface area contributed by atoms with Gasteiger partial charge < -0.3 is 4.74 Å². The average Bonchev–Trinajstić information content (AvgIpc) is 2.39. The fraction of sp³-hybridized carbons (Fsp3) is 0.133. The van der Waals surface area contributed by atoms with Crippen molar-refractivity contribution in [3.63, 3.8) is 0 Å². The molecular weight excluding hydrogens is 250 g/mol. The Kier molecular flexibility index (Phi) is 4.23. The molecule has 0 fully saturated rings. The molecule has 2 nitrogen and oxygen atoms in total. The van der Waals surface area contributed by atoms with E-state index in [0.717, 1.165) is 5.56 Å². The van der Waals surface area contributed by atoms with Crippen LogP contribution in [0.15, 0.2) is 54.6 Å². The van der Waals surface area contributed by atoms with E-state index in [9.17, 15) is 13.6 Å². The van der Waals surface area contributed by atoms with Crippen LogP contribution in [-0.2, 0) is 6.42 Å². The summed E-state index contributed by atoms with van der Waals surface area (Å²) in [7, 11) is 0. The Morgan fingerprint density at radius 3 is 2.32 bits per heavy atom. The van der Waals surface area contributed by atoms with Crippen LogP contribution in [0.5, 0.6) is 5.75 Å². The van der Waals surface area contributed by atoms with Gasteiger partial charge in [0.05, 0.1) is 5.56 Å². The van der Waals surface area contributed by atoms with Crippen LogP contribution in [0.3, 0.4) is 0 Å². The minimum Gasteiger partial charge on any atom is -0.434 e. The minimum atomic E-state index is -2.94. The van der Waals surface area contributed by atoms with Gasteiger partial charge >= 0.3 is 6.61 Å². The number of rotatable bonds is 5. The maximum Gasteiger partial charge on any atom is 0.387 e. The topological polar surface area (TPSA) is 26.3 Å². The first kappa shape index (κ1) is 13.2. The number of hydrogen-bond acceptors (Lipinski definition) is 2. The lowest BCUT2D eigenvalue weighted by Gasteiger charge is -2.09. The summed E-state index contributed by atoms with van der Waals surface area (Å²) in [6.07, 6.45) is 0.157. The Morgan fingerprint density at radius 1 is 1.00 bits per heavy atom. The first-order valence-electron chi connectivity index (χ1n) is 5.78. The molecule has 4 heteroatoms. The van der Waals surface area contributed by atoms with E-state index in [-0.39, 0.29) is 23.5 Å². The molecule has 2 aromatic rings. The fourth-order valence-corrected chi connectivity index (χ4v) is 1.77. The highest BCUT2D eigenvalue weighted by atomic mass is 19.3. The van der Waals surface area contributed by atoms with Gasteiger partial charge in [-0.05, 0) is 17.7 Å². The first-order chi connectivity index (χ1) is 9.16. The van der Waals surface area contributed by atoms with Crippen LogP contribution in [0, 0.1) is 0 Å². The van der Waals surface area contributed by atoms with E-state index in [2.05, 4.69) is 4.74 Å². The number of ether oxygens (including phenoxy) is 1. The van der Waals surface area contributed by atoms with Crippen molar-refractivity contribution in [2.45, 2.75) is 13.0 Å². The second kappa shape index (κ2) is 6.09. The molecule has 0 atom stereocenters. The van der Waals surface area contributed by atoms with Crippen LogP contribution in [0.25, 0.3) is 0 Å². The third-order valence-corrected chi connectivity index (χ3v) is 2.61. The van der Waals surface area contributed by atoms with Crippen molar-refractivity contribution in [1.82, 2.24) is 0 Å². The van der Waals surface area contributed by atoms with Crippen molar-refractivity contribution >= 4 is 5.78 Å². The molecule has 0 bridgehead atoms. The van der Waals surface area contributed by atoms with Gasteiger partial charge in [0.15, 0.2) is 5.78 Å². The summed E-state index contributed by atoms with van der Waals surface area (Å²) >= 11 is 0.